The molecule has 2 unspecified atom stereocenters. The van der Waals surface area contributed by atoms with Crippen LogP contribution < -0.4 is 0 Å². The summed E-state index contributed by atoms with van der Waals surface area (Å²) in [6.07, 6.45) is 3.58. The Balaban J connectivity index is 4.36. The standard InChI is InChI=1S/C12H26O2/c1-5-10(6-2)9-12(14,8-4)11(13)7-3/h10-11,13-14H,5-9H2,1-4H3. The minimum Gasteiger partial charge on any atom is -0.390 e. The molecule has 0 heterocycles. The molecule has 14 heavy (non-hydrogen) atoms. The van der Waals surface area contributed by atoms with Gasteiger partial charge in [-0.1, -0.05) is 40.5 Å². The molecule has 86 valence electrons. The predicted molar refractivity (Wildman–Crippen MR) is 60.2 cm³/mol. The van der Waals surface area contributed by atoms with Gasteiger partial charge in [-0.3, -0.25) is 0 Å². The van der Waals surface area contributed by atoms with Gasteiger partial charge in [0.2, 0.25) is 0 Å². The van der Waals surface area contributed by atoms with Crippen LogP contribution in [0.3, 0.4) is 0 Å². The first-order chi connectivity index (χ1) is 6.53. The van der Waals surface area contributed by atoms with Crippen LogP contribution in [-0.4, -0.2) is 21.9 Å². The van der Waals surface area contributed by atoms with E-state index in [1.165, 1.54) is 0 Å². The van der Waals surface area contributed by atoms with Gasteiger partial charge in [-0.15, -0.1) is 0 Å². The minimum absolute atomic E-state index is 0.529. The predicted octanol–water partition coefficient (Wildman–Crippen LogP) is 2.72. The maximum atomic E-state index is 10.3. The molecular weight excluding hydrogens is 176 g/mol. The third-order valence-electron chi connectivity index (χ3n) is 3.42. The summed E-state index contributed by atoms with van der Waals surface area (Å²) in [6, 6.07) is 0. The van der Waals surface area contributed by atoms with Gasteiger partial charge in [-0.2, -0.15) is 0 Å². The largest absolute Gasteiger partial charge is 0.390 e. The summed E-state index contributed by atoms with van der Waals surface area (Å²) in [4.78, 5) is 0. The summed E-state index contributed by atoms with van der Waals surface area (Å²) in [5, 5.41) is 20.0. The van der Waals surface area contributed by atoms with Gasteiger partial charge in [0, 0.05) is 0 Å². The van der Waals surface area contributed by atoms with E-state index in [0.29, 0.717) is 18.8 Å². The molecule has 0 aromatic rings. The number of aliphatic hydroxyl groups excluding tert-OH is 1. The lowest BCUT2D eigenvalue weighted by molar-refractivity contribution is -0.0932. The van der Waals surface area contributed by atoms with E-state index in [1.54, 1.807) is 0 Å². The first-order valence-electron chi connectivity index (χ1n) is 5.94. The van der Waals surface area contributed by atoms with Crippen LogP contribution in [-0.2, 0) is 0 Å². The molecule has 0 spiro atoms. The third kappa shape index (κ3) is 3.58. The van der Waals surface area contributed by atoms with Crippen molar-refractivity contribution in [2.24, 2.45) is 5.92 Å². The van der Waals surface area contributed by atoms with Crippen molar-refractivity contribution in [3.05, 3.63) is 0 Å². The molecule has 0 saturated carbocycles. The lowest BCUT2D eigenvalue weighted by Crippen LogP contribution is -2.43. The molecule has 0 aliphatic carbocycles. The van der Waals surface area contributed by atoms with E-state index in [2.05, 4.69) is 13.8 Å². The molecule has 2 atom stereocenters. The van der Waals surface area contributed by atoms with Crippen LogP contribution in [0.25, 0.3) is 0 Å². The van der Waals surface area contributed by atoms with Crippen molar-refractivity contribution in [3.8, 4) is 0 Å². The Bertz CT molecular complexity index is 143. The lowest BCUT2D eigenvalue weighted by Gasteiger charge is -2.34. The van der Waals surface area contributed by atoms with Crippen LogP contribution in [0.1, 0.15) is 59.8 Å². The molecule has 0 rings (SSSR count). The molecule has 0 saturated heterocycles. The zero-order valence-corrected chi connectivity index (χ0v) is 10.1. The Morgan fingerprint density at radius 1 is 1.00 bits per heavy atom. The lowest BCUT2D eigenvalue weighted by atomic mass is 9.81. The van der Waals surface area contributed by atoms with Crippen LogP contribution >= 0.6 is 0 Å². The van der Waals surface area contributed by atoms with E-state index in [1.807, 2.05) is 13.8 Å². The molecule has 0 aliphatic heterocycles. The van der Waals surface area contributed by atoms with E-state index in [-0.39, 0.29) is 0 Å². The molecule has 0 aromatic carbocycles. The highest BCUT2D eigenvalue weighted by Gasteiger charge is 2.34. The Labute approximate surface area is 88.3 Å². The molecule has 0 aliphatic rings. The summed E-state index contributed by atoms with van der Waals surface area (Å²) in [5.74, 6) is 0.529. The Morgan fingerprint density at radius 3 is 1.79 bits per heavy atom. The van der Waals surface area contributed by atoms with E-state index in [4.69, 9.17) is 0 Å². The number of hydrogen-bond donors (Lipinski definition) is 2. The van der Waals surface area contributed by atoms with E-state index >= 15 is 0 Å². The SMILES string of the molecule is CCC(CC)CC(O)(CC)C(O)CC. The van der Waals surface area contributed by atoms with Gasteiger partial charge in [-0.25, -0.2) is 0 Å². The summed E-state index contributed by atoms with van der Waals surface area (Å²) < 4.78 is 0. The van der Waals surface area contributed by atoms with Crippen molar-refractivity contribution in [2.75, 3.05) is 0 Å². The van der Waals surface area contributed by atoms with Gasteiger partial charge < -0.3 is 10.2 Å². The smallest absolute Gasteiger partial charge is 0.0905 e. The average molecular weight is 202 g/mol. The van der Waals surface area contributed by atoms with Crippen molar-refractivity contribution in [3.63, 3.8) is 0 Å². The van der Waals surface area contributed by atoms with E-state index in [9.17, 15) is 10.2 Å². The van der Waals surface area contributed by atoms with Gasteiger partial charge >= 0.3 is 0 Å². The zero-order chi connectivity index (χ0) is 11.2. The van der Waals surface area contributed by atoms with Gasteiger partial charge in [-0.05, 0) is 25.2 Å². The molecule has 2 nitrogen and oxygen atoms in total. The van der Waals surface area contributed by atoms with Crippen LogP contribution in [0, 0.1) is 5.92 Å². The number of hydrogen-bond acceptors (Lipinski definition) is 2. The van der Waals surface area contributed by atoms with Crippen molar-refractivity contribution < 1.29 is 10.2 Å². The second kappa shape index (κ2) is 6.41. The maximum absolute atomic E-state index is 10.3. The first kappa shape index (κ1) is 13.9. The van der Waals surface area contributed by atoms with Crippen molar-refractivity contribution in [1.82, 2.24) is 0 Å². The van der Waals surface area contributed by atoms with Crippen LogP contribution in [0.5, 0.6) is 0 Å². The molecule has 2 heteroatoms. The van der Waals surface area contributed by atoms with E-state index in [0.717, 1.165) is 19.3 Å². The Hall–Kier alpha value is -0.0800. The number of aliphatic hydroxyl groups is 2. The van der Waals surface area contributed by atoms with E-state index < -0.39 is 11.7 Å². The van der Waals surface area contributed by atoms with Crippen LogP contribution in [0.15, 0.2) is 0 Å². The summed E-state index contributed by atoms with van der Waals surface area (Å²) in [6.45, 7) is 8.14. The second-order valence-electron chi connectivity index (χ2n) is 4.27. The molecular formula is C12H26O2. The quantitative estimate of drug-likeness (QED) is 0.666. The van der Waals surface area contributed by atoms with Crippen LogP contribution in [0.4, 0.5) is 0 Å². The Morgan fingerprint density at radius 2 is 1.50 bits per heavy atom. The molecule has 2 N–H and O–H groups in total. The molecule has 0 aromatic heterocycles. The number of rotatable bonds is 7. The monoisotopic (exact) mass is 202 g/mol. The van der Waals surface area contributed by atoms with Gasteiger partial charge in [0.05, 0.1) is 11.7 Å². The van der Waals surface area contributed by atoms with Gasteiger partial charge in [0.25, 0.3) is 0 Å². The molecule has 0 fully saturated rings. The van der Waals surface area contributed by atoms with Crippen LogP contribution in [0.2, 0.25) is 0 Å². The average Bonchev–Trinajstić information content (AvgIpc) is 2.24. The highest BCUT2D eigenvalue weighted by molar-refractivity contribution is 4.86. The fraction of sp³-hybridized carbons (Fsp3) is 1.00. The highest BCUT2D eigenvalue weighted by atomic mass is 16.3. The fourth-order valence-electron chi connectivity index (χ4n) is 1.97. The van der Waals surface area contributed by atoms with Crippen molar-refractivity contribution >= 4 is 0 Å². The second-order valence-corrected chi connectivity index (χ2v) is 4.27. The Kier molecular flexibility index (Phi) is 6.38. The van der Waals surface area contributed by atoms with Gasteiger partial charge in [0.15, 0.2) is 0 Å². The molecule has 0 radical (unpaired) electrons. The van der Waals surface area contributed by atoms with Crippen molar-refractivity contribution in [1.29, 1.82) is 0 Å². The third-order valence-corrected chi connectivity index (χ3v) is 3.42. The zero-order valence-electron chi connectivity index (χ0n) is 10.1. The minimum atomic E-state index is -0.870. The normalized spacial score (nSPS) is 18.2. The topological polar surface area (TPSA) is 40.5 Å². The van der Waals surface area contributed by atoms with Crippen molar-refractivity contribution in [2.45, 2.75) is 71.5 Å². The maximum Gasteiger partial charge on any atom is 0.0905 e. The fourth-order valence-corrected chi connectivity index (χ4v) is 1.97. The molecule has 0 bridgehead atoms. The summed E-state index contributed by atoms with van der Waals surface area (Å²) >= 11 is 0. The first-order valence-corrected chi connectivity index (χ1v) is 5.94. The highest BCUT2D eigenvalue weighted by Crippen LogP contribution is 2.29. The summed E-state index contributed by atoms with van der Waals surface area (Å²) in [5.41, 5.74) is -0.870. The summed E-state index contributed by atoms with van der Waals surface area (Å²) in [7, 11) is 0. The van der Waals surface area contributed by atoms with Gasteiger partial charge in [0.1, 0.15) is 0 Å². The molecule has 0 amide bonds.